The van der Waals surface area contributed by atoms with Gasteiger partial charge >= 0.3 is 5.97 Å². The zero-order valence-corrected chi connectivity index (χ0v) is 9.81. The number of carbonyl (C=O) groups is 1. The highest BCUT2D eigenvalue weighted by Crippen LogP contribution is 2.64. The lowest BCUT2D eigenvalue weighted by molar-refractivity contribution is -0.141. The highest BCUT2D eigenvalue weighted by Gasteiger charge is 2.68. The van der Waals surface area contributed by atoms with E-state index in [4.69, 9.17) is 11.6 Å². The van der Waals surface area contributed by atoms with Crippen molar-refractivity contribution in [2.75, 3.05) is 0 Å². The fourth-order valence-electron chi connectivity index (χ4n) is 2.39. The SMILES string of the molecule is CC1(C)CC1(C(=O)O)c1ccc(Cl)cc1F. The second-order valence-electron chi connectivity index (χ2n) is 4.90. The second-order valence-corrected chi connectivity index (χ2v) is 5.33. The van der Waals surface area contributed by atoms with E-state index in [1.54, 1.807) is 0 Å². The molecule has 0 heterocycles. The van der Waals surface area contributed by atoms with Crippen LogP contribution in [0.2, 0.25) is 5.02 Å². The van der Waals surface area contributed by atoms with E-state index in [1.165, 1.54) is 12.1 Å². The molecule has 0 aliphatic heterocycles. The molecule has 0 amide bonds. The topological polar surface area (TPSA) is 37.3 Å². The van der Waals surface area contributed by atoms with Gasteiger partial charge in [0.1, 0.15) is 11.2 Å². The molecule has 0 saturated heterocycles. The number of hydrogen-bond acceptors (Lipinski definition) is 1. The van der Waals surface area contributed by atoms with E-state index in [2.05, 4.69) is 0 Å². The number of benzene rings is 1. The van der Waals surface area contributed by atoms with Crippen LogP contribution in [-0.2, 0) is 10.2 Å². The van der Waals surface area contributed by atoms with Crippen molar-refractivity contribution in [1.29, 1.82) is 0 Å². The van der Waals surface area contributed by atoms with Crippen LogP contribution < -0.4 is 0 Å². The molecule has 2 nitrogen and oxygen atoms in total. The first-order valence-electron chi connectivity index (χ1n) is 5.00. The lowest BCUT2D eigenvalue weighted by Crippen LogP contribution is -2.26. The van der Waals surface area contributed by atoms with Gasteiger partial charge in [-0.25, -0.2) is 4.39 Å². The Morgan fingerprint density at radius 2 is 2.06 bits per heavy atom. The average Bonchev–Trinajstić information content (AvgIpc) is 2.70. The Morgan fingerprint density at radius 3 is 2.44 bits per heavy atom. The molecule has 1 atom stereocenters. The van der Waals surface area contributed by atoms with Crippen molar-refractivity contribution in [3.63, 3.8) is 0 Å². The van der Waals surface area contributed by atoms with Crippen LogP contribution in [0.15, 0.2) is 18.2 Å². The Labute approximate surface area is 98.0 Å². The summed E-state index contributed by atoms with van der Waals surface area (Å²) in [5, 5.41) is 9.56. The van der Waals surface area contributed by atoms with Crippen molar-refractivity contribution in [1.82, 2.24) is 0 Å². The van der Waals surface area contributed by atoms with Gasteiger partial charge in [0, 0.05) is 10.6 Å². The van der Waals surface area contributed by atoms with E-state index < -0.39 is 22.6 Å². The van der Waals surface area contributed by atoms with Crippen molar-refractivity contribution in [2.45, 2.75) is 25.7 Å². The van der Waals surface area contributed by atoms with Crippen LogP contribution in [0.3, 0.4) is 0 Å². The monoisotopic (exact) mass is 242 g/mol. The van der Waals surface area contributed by atoms with Gasteiger partial charge in [0.2, 0.25) is 0 Å². The smallest absolute Gasteiger partial charge is 0.314 e. The molecular weight excluding hydrogens is 231 g/mol. The summed E-state index contributed by atoms with van der Waals surface area (Å²) in [4.78, 5) is 11.3. The van der Waals surface area contributed by atoms with E-state index >= 15 is 0 Å². The molecule has 1 fully saturated rings. The predicted octanol–water partition coefficient (Wildman–Crippen LogP) is 3.23. The van der Waals surface area contributed by atoms with Gasteiger partial charge in [-0.3, -0.25) is 4.79 Å². The Balaban J connectivity index is 2.56. The lowest BCUT2D eigenvalue weighted by Gasteiger charge is -2.16. The highest BCUT2D eigenvalue weighted by atomic mass is 35.5. The van der Waals surface area contributed by atoms with Crippen LogP contribution in [0.1, 0.15) is 25.8 Å². The van der Waals surface area contributed by atoms with E-state index in [0.29, 0.717) is 6.42 Å². The van der Waals surface area contributed by atoms with Crippen LogP contribution in [0.25, 0.3) is 0 Å². The van der Waals surface area contributed by atoms with Gasteiger partial charge in [-0.2, -0.15) is 0 Å². The third kappa shape index (κ3) is 1.34. The van der Waals surface area contributed by atoms with Crippen LogP contribution in [-0.4, -0.2) is 11.1 Å². The van der Waals surface area contributed by atoms with Gasteiger partial charge in [0.05, 0.1) is 0 Å². The molecule has 0 radical (unpaired) electrons. The molecule has 86 valence electrons. The number of carboxylic acid groups (broad SMARTS) is 1. The first-order chi connectivity index (χ1) is 7.31. The summed E-state index contributed by atoms with van der Waals surface area (Å²) in [5.41, 5.74) is -1.27. The first kappa shape index (κ1) is 11.4. The zero-order chi connectivity index (χ0) is 12.1. The minimum atomic E-state index is -1.10. The van der Waals surface area contributed by atoms with E-state index in [-0.39, 0.29) is 10.6 Å². The number of rotatable bonds is 2. The summed E-state index contributed by atoms with van der Waals surface area (Å²) in [5.74, 6) is -1.51. The molecule has 1 saturated carbocycles. The van der Waals surface area contributed by atoms with Gasteiger partial charge in [-0.05, 0) is 24.0 Å². The third-order valence-electron chi connectivity index (χ3n) is 3.49. The van der Waals surface area contributed by atoms with Crippen molar-refractivity contribution in [3.05, 3.63) is 34.6 Å². The van der Waals surface area contributed by atoms with Gasteiger partial charge in [0.15, 0.2) is 0 Å². The number of halogens is 2. The maximum atomic E-state index is 13.7. The summed E-state index contributed by atoms with van der Waals surface area (Å²) in [6.07, 6.45) is 0.452. The normalized spacial score (nSPS) is 26.5. The molecule has 0 bridgehead atoms. The van der Waals surface area contributed by atoms with E-state index in [1.807, 2.05) is 13.8 Å². The van der Waals surface area contributed by atoms with Crippen molar-refractivity contribution < 1.29 is 14.3 Å². The van der Waals surface area contributed by atoms with Gasteiger partial charge in [0.25, 0.3) is 0 Å². The Hall–Kier alpha value is -1.09. The maximum Gasteiger partial charge on any atom is 0.314 e. The summed E-state index contributed by atoms with van der Waals surface area (Å²) in [6.45, 7) is 3.66. The molecule has 2 rings (SSSR count). The van der Waals surface area contributed by atoms with Gasteiger partial charge in [-0.15, -0.1) is 0 Å². The Morgan fingerprint density at radius 1 is 1.50 bits per heavy atom. The molecule has 1 aromatic rings. The third-order valence-corrected chi connectivity index (χ3v) is 3.73. The first-order valence-corrected chi connectivity index (χ1v) is 5.38. The van der Waals surface area contributed by atoms with Crippen molar-refractivity contribution >= 4 is 17.6 Å². The molecule has 1 N–H and O–H groups in total. The van der Waals surface area contributed by atoms with Gasteiger partial charge in [-0.1, -0.05) is 31.5 Å². The molecule has 1 aliphatic carbocycles. The largest absolute Gasteiger partial charge is 0.481 e. The Kier molecular flexibility index (Phi) is 2.28. The molecule has 1 aliphatic rings. The fourth-order valence-corrected chi connectivity index (χ4v) is 2.55. The summed E-state index contributed by atoms with van der Waals surface area (Å²) < 4.78 is 13.7. The summed E-state index contributed by atoms with van der Waals surface area (Å²) >= 11 is 5.65. The van der Waals surface area contributed by atoms with Crippen LogP contribution in [0.5, 0.6) is 0 Å². The van der Waals surface area contributed by atoms with E-state index in [0.717, 1.165) is 6.07 Å². The average molecular weight is 243 g/mol. The number of carboxylic acids is 1. The molecule has 0 aromatic heterocycles. The molecule has 1 aromatic carbocycles. The summed E-state index contributed by atoms with van der Waals surface area (Å²) in [7, 11) is 0. The van der Waals surface area contributed by atoms with Crippen LogP contribution in [0, 0.1) is 11.2 Å². The lowest BCUT2D eigenvalue weighted by atomic mass is 9.87. The van der Waals surface area contributed by atoms with Gasteiger partial charge < -0.3 is 5.11 Å². The predicted molar refractivity (Wildman–Crippen MR) is 59.1 cm³/mol. The van der Waals surface area contributed by atoms with Crippen molar-refractivity contribution in [3.8, 4) is 0 Å². The quantitative estimate of drug-likeness (QED) is 0.865. The standard InChI is InChI=1S/C12H12ClFO2/c1-11(2)6-12(11,10(15)16)8-4-3-7(13)5-9(8)14/h3-5H,6H2,1-2H3,(H,15,16). The van der Waals surface area contributed by atoms with E-state index in [9.17, 15) is 14.3 Å². The maximum absolute atomic E-state index is 13.7. The highest BCUT2D eigenvalue weighted by molar-refractivity contribution is 6.30. The minimum Gasteiger partial charge on any atom is -0.481 e. The number of aliphatic carboxylic acids is 1. The summed E-state index contributed by atoms with van der Waals surface area (Å²) in [6, 6.07) is 4.16. The molecule has 1 unspecified atom stereocenters. The molecule has 4 heteroatoms. The Bertz CT molecular complexity index is 470. The zero-order valence-electron chi connectivity index (χ0n) is 9.05. The fraction of sp³-hybridized carbons (Fsp3) is 0.417. The van der Waals surface area contributed by atoms with Crippen LogP contribution in [0.4, 0.5) is 4.39 Å². The van der Waals surface area contributed by atoms with Crippen molar-refractivity contribution in [2.24, 2.45) is 5.41 Å². The van der Waals surface area contributed by atoms with Crippen LogP contribution >= 0.6 is 11.6 Å². The molecular formula is C12H12ClFO2. The second kappa shape index (κ2) is 3.20. The number of hydrogen-bond donors (Lipinski definition) is 1. The minimum absolute atomic E-state index is 0.231. The molecule has 0 spiro atoms. The molecule has 16 heavy (non-hydrogen) atoms.